The highest BCUT2D eigenvalue weighted by atomic mass is 16.5. The van der Waals surface area contributed by atoms with E-state index in [-0.39, 0.29) is 31.1 Å². The highest BCUT2D eigenvalue weighted by molar-refractivity contribution is 5.70. The van der Waals surface area contributed by atoms with Crippen molar-refractivity contribution < 1.29 is 23.8 Å². The van der Waals surface area contributed by atoms with Crippen LogP contribution in [0.1, 0.15) is 31.9 Å². The molecule has 0 aliphatic carbocycles. The molecule has 5 nitrogen and oxygen atoms in total. The monoisotopic (exact) mass is 306 g/mol. The normalized spacial score (nSPS) is 12.1. The lowest BCUT2D eigenvalue weighted by atomic mass is 10.1. The molecule has 120 valence electrons. The van der Waals surface area contributed by atoms with Crippen molar-refractivity contribution in [1.82, 2.24) is 0 Å². The molecule has 0 amide bonds. The molecule has 0 aliphatic heterocycles. The van der Waals surface area contributed by atoms with Gasteiger partial charge in [-0.15, -0.1) is 0 Å². The molecule has 0 bridgehead atoms. The van der Waals surface area contributed by atoms with Gasteiger partial charge in [0.2, 0.25) is 0 Å². The van der Waals surface area contributed by atoms with Crippen LogP contribution in [0.3, 0.4) is 0 Å². The average Bonchev–Trinajstić information content (AvgIpc) is 2.50. The molecule has 0 fully saturated rings. The Morgan fingerprint density at radius 1 is 1.09 bits per heavy atom. The molecule has 1 aromatic carbocycles. The van der Waals surface area contributed by atoms with E-state index in [0.717, 1.165) is 5.56 Å². The molecule has 1 aromatic rings. The second-order valence-electron chi connectivity index (χ2n) is 4.52. The van der Waals surface area contributed by atoms with Crippen LogP contribution in [-0.2, 0) is 23.8 Å². The standard InChI is InChI=1S/C17H22O5/c1-3-20-17(19)13-16(15-9-5-4-6-10-15)22-12-8-7-11-21-14(2)18/h4-10,16H,3,11-13H2,1-2H3/b8-7-. The first kappa shape index (κ1) is 17.9. The molecule has 0 spiro atoms. The summed E-state index contributed by atoms with van der Waals surface area (Å²) >= 11 is 0. The molecular weight excluding hydrogens is 284 g/mol. The molecule has 22 heavy (non-hydrogen) atoms. The summed E-state index contributed by atoms with van der Waals surface area (Å²) < 4.78 is 15.5. The summed E-state index contributed by atoms with van der Waals surface area (Å²) in [6.45, 7) is 4.01. The number of carbonyl (C=O) groups excluding carboxylic acids is 2. The third-order valence-electron chi connectivity index (χ3n) is 2.77. The van der Waals surface area contributed by atoms with E-state index in [1.165, 1.54) is 6.92 Å². The number of esters is 2. The minimum Gasteiger partial charge on any atom is -0.466 e. The Morgan fingerprint density at radius 3 is 2.41 bits per heavy atom. The number of rotatable bonds is 9. The van der Waals surface area contributed by atoms with Crippen LogP contribution in [0.2, 0.25) is 0 Å². The van der Waals surface area contributed by atoms with Gasteiger partial charge in [0.25, 0.3) is 0 Å². The summed E-state index contributed by atoms with van der Waals surface area (Å²) in [4.78, 5) is 22.3. The van der Waals surface area contributed by atoms with Crippen LogP contribution >= 0.6 is 0 Å². The molecule has 1 atom stereocenters. The van der Waals surface area contributed by atoms with Gasteiger partial charge in [0.1, 0.15) is 6.61 Å². The van der Waals surface area contributed by atoms with Gasteiger partial charge in [0, 0.05) is 6.92 Å². The average molecular weight is 306 g/mol. The van der Waals surface area contributed by atoms with E-state index in [4.69, 9.17) is 14.2 Å². The SMILES string of the molecule is CCOC(=O)CC(OC/C=C\COC(C)=O)c1ccccc1. The fourth-order valence-electron chi connectivity index (χ4n) is 1.79. The molecule has 0 N–H and O–H groups in total. The number of carbonyl (C=O) groups is 2. The van der Waals surface area contributed by atoms with Gasteiger partial charge in [-0.2, -0.15) is 0 Å². The summed E-state index contributed by atoms with van der Waals surface area (Å²) in [6, 6.07) is 9.52. The predicted octanol–water partition coefficient (Wildman–Crippen LogP) is 2.82. The predicted molar refractivity (Wildman–Crippen MR) is 82.2 cm³/mol. The number of ether oxygens (including phenoxy) is 3. The number of benzene rings is 1. The molecule has 1 rings (SSSR count). The van der Waals surface area contributed by atoms with Crippen molar-refractivity contribution >= 4 is 11.9 Å². The van der Waals surface area contributed by atoms with Gasteiger partial charge in [-0.05, 0) is 18.6 Å². The molecule has 0 radical (unpaired) electrons. The molecular formula is C17H22O5. The maximum absolute atomic E-state index is 11.7. The van der Waals surface area contributed by atoms with E-state index in [9.17, 15) is 9.59 Å². The van der Waals surface area contributed by atoms with Crippen LogP contribution in [0, 0.1) is 0 Å². The maximum atomic E-state index is 11.7. The molecule has 0 saturated carbocycles. The van der Waals surface area contributed by atoms with Crippen LogP contribution in [0.5, 0.6) is 0 Å². The lowest BCUT2D eigenvalue weighted by molar-refractivity contribution is -0.146. The highest BCUT2D eigenvalue weighted by Crippen LogP contribution is 2.21. The van der Waals surface area contributed by atoms with Crippen molar-refractivity contribution in [2.75, 3.05) is 19.8 Å². The van der Waals surface area contributed by atoms with E-state index in [1.807, 2.05) is 30.3 Å². The molecule has 1 unspecified atom stereocenters. The Morgan fingerprint density at radius 2 is 1.77 bits per heavy atom. The number of hydrogen-bond donors (Lipinski definition) is 0. The Labute approximate surface area is 130 Å². The first-order valence-electron chi connectivity index (χ1n) is 7.24. The largest absolute Gasteiger partial charge is 0.466 e. The van der Waals surface area contributed by atoms with E-state index >= 15 is 0 Å². The topological polar surface area (TPSA) is 61.8 Å². The Balaban J connectivity index is 2.52. The molecule has 0 heterocycles. The zero-order valence-corrected chi connectivity index (χ0v) is 13.0. The minimum atomic E-state index is -0.362. The fraction of sp³-hybridized carbons (Fsp3) is 0.412. The highest BCUT2D eigenvalue weighted by Gasteiger charge is 2.16. The molecule has 0 aliphatic rings. The lowest BCUT2D eigenvalue weighted by Crippen LogP contribution is -2.13. The number of hydrogen-bond acceptors (Lipinski definition) is 5. The summed E-state index contributed by atoms with van der Waals surface area (Å²) in [6.07, 6.45) is 3.26. The Hall–Kier alpha value is -2.14. The second kappa shape index (κ2) is 10.6. The Bertz CT molecular complexity index is 481. The van der Waals surface area contributed by atoms with Gasteiger partial charge < -0.3 is 14.2 Å². The van der Waals surface area contributed by atoms with Crippen LogP contribution in [0.25, 0.3) is 0 Å². The van der Waals surface area contributed by atoms with Gasteiger partial charge in [-0.3, -0.25) is 9.59 Å². The first-order chi connectivity index (χ1) is 10.6. The van der Waals surface area contributed by atoms with E-state index in [2.05, 4.69) is 0 Å². The summed E-state index contributed by atoms with van der Waals surface area (Å²) in [7, 11) is 0. The van der Waals surface area contributed by atoms with Crippen LogP contribution in [0.4, 0.5) is 0 Å². The van der Waals surface area contributed by atoms with Crippen molar-refractivity contribution in [2.24, 2.45) is 0 Å². The van der Waals surface area contributed by atoms with Crippen LogP contribution in [0.15, 0.2) is 42.5 Å². The third kappa shape index (κ3) is 7.59. The van der Waals surface area contributed by atoms with Crippen molar-refractivity contribution in [3.8, 4) is 0 Å². The third-order valence-corrected chi connectivity index (χ3v) is 2.77. The van der Waals surface area contributed by atoms with Crippen LogP contribution in [-0.4, -0.2) is 31.8 Å². The zero-order chi connectivity index (χ0) is 16.2. The van der Waals surface area contributed by atoms with Crippen molar-refractivity contribution in [3.05, 3.63) is 48.0 Å². The first-order valence-corrected chi connectivity index (χ1v) is 7.24. The minimum absolute atomic E-state index is 0.162. The van der Waals surface area contributed by atoms with Gasteiger partial charge in [0.05, 0.1) is 25.7 Å². The summed E-state index contributed by atoms with van der Waals surface area (Å²) in [5, 5.41) is 0. The summed E-state index contributed by atoms with van der Waals surface area (Å²) in [5.41, 5.74) is 0.920. The molecule has 0 saturated heterocycles. The van der Waals surface area contributed by atoms with Gasteiger partial charge in [-0.25, -0.2) is 0 Å². The fourth-order valence-corrected chi connectivity index (χ4v) is 1.79. The van der Waals surface area contributed by atoms with E-state index in [1.54, 1.807) is 19.1 Å². The van der Waals surface area contributed by atoms with E-state index in [0.29, 0.717) is 13.2 Å². The van der Waals surface area contributed by atoms with Crippen molar-refractivity contribution in [2.45, 2.75) is 26.4 Å². The van der Waals surface area contributed by atoms with Crippen molar-refractivity contribution in [1.29, 1.82) is 0 Å². The second-order valence-corrected chi connectivity index (χ2v) is 4.52. The molecule has 0 aromatic heterocycles. The van der Waals surface area contributed by atoms with E-state index < -0.39 is 0 Å². The van der Waals surface area contributed by atoms with Crippen molar-refractivity contribution in [3.63, 3.8) is 0 Å². The van der Waals surface area contributed by atoms with Gasteiger partial charge in [-0.1, -0.05) is 36.4 Å². The van der Waals surface area contributed by atoms with Gasteiger partial charge in [0.15, 0.2) is 0 Å². The lowest BCUT2D eigenvalue weighted by Gasteiger charge is -2.16. The van der Waals surface area contributed by atoms with Gasteiger partial charge >= 0.3 is 11.9 Å². The quantitative estimate of drug-likeness (QED) is 0.518. The maximum Gasteiger partial charge on any atom is 0.308 e. The summed E-state index contributed by atoms with van der Waals surface area (Å²) in [5.74, 6) is -0.615. The smallest absolute Gasteiger partial charge is 0.308 e. The van der Waals surface area contributed by atoms with Crippen LogP contribution < -0.4 is 0 Å². The zero-order valence-electron chi connectivity index (χ0n) is 13.0. The Kier molecular flexibility index (Phi) is 8.60. The molecule has 5 heteroatoms.